The van der Waals surface area contributed by atoms with Crippen molar-refractivity contribution in [3.63, 3.8) is 0 Å². The molecule has 1 amide bonds. The minimum absolute atomic E-state index is 0.174. The lowest BCUT2D eigenvalue weighted by molar-refractivity contribution is -0.135. The van der Waals surface area contributed by atoms with Gasteiger partial charge in [-0.25, -0.2) is 0 Å². The van der Waals surface area contributed by atoms with Crippen molar-refractivity contribution >= 4 is 21.8 Å². The lowest BCUT2D eigenvalue weighted by Gasteiger charge is -2.26. The molecular formula is C14H19BrN2O3. The summed E-state index contributed by atoms with van der Waals surface area (Å²) in [6, 6.07) is 5.38. The van der Waals surface area contributed by atoms with Crippen molar-refractivity contribution in [2.75, 3.05) is 32.8 Å². The monoisotopic (exact) mass is 342 g/mol. The van der Waals surface area contributed by atoms with Crippen LogP contribution in [0.25, 0.3) is 0 Å². The number of morpholine rings is 1. The molecule has 20 heavy (non-hydrogen) atoms. The quantitative estimate of drug-likeness (QED) is 0.796. The van der Waals surface area contributed by atoms with Gasteiger partial charge in [0.05, 0.1) is 17.7 Å². The molecular weight excluding hydrogens is 324 g/mol. The van der Waals surface area contributed by atoms with E-state index in [1.807, 2.05) is 17.0 Å². The summed E-state index contributed by atoms with van der Waals surface area (Å²) >= 11 is 3.28. The highest BCUT2D eigenvalue weighted by Crippen LogP contribution is 2.24. The molecule has 1 heterocycles. The number of rotatable bonds is 5. The Morgan fingerprint density at radius 3 is 2.85 bits per heavy atom. The van der Waals surface area contributed by atoms with Crippen LogP contribution in [0.4, 0.5) is 0 Å². The number of hydrogen-bond donors (Lipinski definition) is 2. The fourth-order valence-corrected chi connectivity index (χ4v) is 2.49. The Morgan fingerprint density at radius 2 is 2.15 bits per heavy atom. The molecule has 1 fully saturated rings. The van der Waals surface area contributed by atoms with Crippen molar-refractivity contribution < 1.29 is 14.6 Å². The topological polar surface area (TPSA) is 61.8 Å². The lowest BCUT2D eigenvalue weighted by Crippen LogP contribution is -2.41. The molecule has 2 rings (SSSR count). The van der Waals surface area contributed by atoms with Gasteiger partial charge >= 0.3 is 0 Å². The average molecular weight is 343 g/mol. The van der Waals surface area contributed by atoms with Crippen molar-refractivity contribution in [2.24, 2.45) is 0 Å². The summed E-state index contributed by atoms with van der Waals surface area (Å²) < 4.78 is 5.90. The van der Waals surface area contributed by atoms with Gasteiger partial charge in [-0.1, -0.05) is 6.07 Å². The molecule has 6 heteroatoms. The smallest absolute Gasteiger partial charge is 0.224 e. The van der Waals surface area contributed by atoms with Gasteiger partial charge in [-0.3, -0.25) is 4.79 Å². The lowest BCUT2D eigenvalue weighted by atomic mass is 10.2. The van der Waals surface area contributed by atoms with Crippen LogP contribution in [0.15, 0.2) is 22.7 Å². The van der Waals surface area contributed by atoms with E-state index >= 15 is 0 Å². The van der Waals surface area contributed by atoms with Gasteiger partial charge in [-0.05, 0) is 33.6 Å². The zero-order valence-electron chi connectivity index (χ0n) is 11.3. The molecule has 1 aromatic rings. The van der Waals surface area contributed by atoms with Crippen LogP contribution >= 0.6 is 15.9 Å². The van der Waals surface area contributed by atoms with Gasteiger partial charge in [0, 0.05) is 32.6 Å². The maximum Gasteiger partial charge on any atom is 0.224 e. The Kier molecular flexibility index (Phi) is 5.82. The number of ether oxygens (including phenoxy) is 1. The number of carbonyl (C=O) groups excluding carboxylic acids is 1. The summed E-state index contributed by atoms with van der Waals surface area (Å²) in [7, 11) is 0. The number of phenolic OH excluding ortho intramolecular Hbond substituents is 1. The summed E-state index contributed by atoms with van der Waals surface area (Å²) in [6.07, 6.45) is 0.499. The van der Waals surface area contributed by atoms with E-state index in [2.05, 4.69) is 21.2 Å². The molecule has 0 spiro atoms. The van der Waals surface area contributed by atoms with Crippen LogP contribution in [0, 0.1) is 0 Å². The predicted molar refractivity (Wildman–Crippen MR) is 79.5 cm³/mol. The van der Waals surface area contributed by atoms with Gasteiger partial charge in [-0.2, -0.15) is 0 Å². The van der Waals surface area contributed by atoms with Gasteiger partial charge < -0.3 is 20.1 Å². The molecule has 0 radical (unpaired) electrons. The maximum absolute atomic E-state index is 11.9. The van der Waals surface area contributed by atoms with Crippen molar-refractivity contribution in [3.05, 3.63) is 28.2 Å². The van der Waals surface area contributed by atoms with Gasteiger partial charge in [0.25, 0.3) is 0 Å². The third-order valence-electron chi connectivity index (χ3n) is 3.22. The Balaban J connectivity index is 1.68. The van der Waals surface area contributed by atoms with Gasteiger partial charge in [0.1, 0.15) is 5.75 Å². The zero-order chi connectivity index (χ0) is 14.4. The Morgan fingerprint density at radius 1 is 1.40 bits per heavy atom. The second-order valence-electron chi connectivity index (χ2n) is 4.71. The molecule has 1 aromatic carbocycles. The largest absolute Gasteiger partial charge is 0.507 e. The molecule has 0 aliphatic carbocycles. The molecule has 0 unspecified atom stereocenters. The first kappa shape index (κ1) is 15.3. The average Bonchev–Trinajstić information content (AvgIpc) is 2.48. The normalized spacial score (nSPS) is 15.3. The molecule has 1 aliphatic rings. The van der Waals surface area contributed by atoms with Crippen LogP contribution in [-0.4, -0.2) is 48.8 Å². The van der Waals surface area contributed by atoms with Crippen molar-refractivity contribution in [2.45, 2.75) is 13.0 Å². The van der Waals surface area contributed by atoms with E-state index in [0.717, 1.165) is 5.56 Å². The SMILES string of the molecule is O=C(CCNCc1ccc(O)c(Br)c1)N1CCOCC1. The first-order valence-electron chi connectivity index (χ1n) is 6.70. The summed E-state index contributed by atoms with van der Waals surface area (Å²) in [5, 5.41) is 12.6. The molecule has 0 saturated carbocycles. The molecule has 5 nitrogen and oxygen atoms in total. The fourth-order valence-electron chi connectivity index (χ4n) is 2.06. The summed E-state index contributed by atoms with van der Waals surface area (Å²) in [6.45, 7) is 4.00. The predicted octanol–water partition coefficient (Wildman–Crippen LogP) is 1.49. The van der Waals surface area contributed by atoms with E-state index < -0.39 is 0 Å². The number of phenols is 1. The van der Waals surface area contributed by atoms with Crippen LogP contribution in [-0.2, 0) is 16.1 Å². The summed E-state index contributed by atoms with van der Waals surface area (Å²) in [4.78, 5) is 13.7. The fraction of sp³-hybridized carbons (Fsp3) is 0.500. The van der Waals surface area contributed by atoms with E-state index in [-0.39, 0.29) is 11.7 Å². The van der Waals surface area contributed by atoms with E-state index in [0.29, 0.717) is 50.3 Å². The van der Waals surface area contributed by atoms with Crippen LogP contribution in [0.5, 0.6) is 5.75 Å². The highest BCUT2D eigenvalue weighted by molar-refractivity contribution is 9.10. The number of nitrogens with one attached hydrogen (secondary N) is 1. The minimum atomic E-state index is 0.174. The molecule has 0 atom stereocenters. The number of hydrogen-bond acceptors (Lipinski definition) is 4. The van der Waals surface area contributed by atoms with Gasteiger partial charge in [-0.15, -0.1) is 0 Å². The van der Waals surface area contributed by atoms with E-state index in [1.54, 1.807) is 6.07 Å². The molecule has 2 N–H and O–H groups in total. The maximum atomic E-state index is 11.9. The van der Waals surface area contributed by atoms with Gasteiger partial charge in [0.2, 0.25) is 5.91 Å². The first-order chi connectivity index (χ1) is 9.66. The van der Waals surface area contributed by atoms with E-state index in [4.69, 9.17) is 4.74 Å². The van der Waals surface area contributed by atoms with Crippen LogP contribution < -0.4 is 5.32 Å². The number of halogens is 1. The number of aromatic hydroxyl groups is 1. The third kappa shape index (κ3) is 4.47. The Labute approximate surface area is 127 Å². The first-order valence-corrected chi connectivity index (χ1v) is 7.50. The van der Waals surface area contributed by atoms with E-state index in [1.165, 1.54) is 0 Å². The second-order valence-corrected chi connectivity index (χ2v) is 5.56. The van der Waals surface area contributed by atoms with E-state index in [9.17, 15) is 9.90 Å². The van der Waals surface area contributed by atoms with Crippen molar-refractivity contribution in [1.82, 2.24) is 10.2 Å². The molecule has 110 valence electrons. The Bertz CT molecular complexity index is 462. The summed E-state index contributed by atoms with van der Waals surface area (Å²) in [5.41, 5.74) is 1.06. The van der Waals surface area contributed by atoms with Crippen molar-refractivity contribution in [3.8, 4) is 5.75 Å². The second kappa shape index (κ2) is 7.61. The van der Waals surface area contributed by atoms with Crippen molar-refractivity contribution in [1.29, 1.82) is 0 Å². The van der Waals surface area contributed by atoms with Crippen LogP contribution in [0.1, 0.15) is 12.0 Å². The third-order valence-corrected chi connectivity index (χ3v) is 3.86. The standard InChI is InChI=1S/C14H19BrN2O3/c15-12-9-11(1-2-13(12)18)10-16-4-3-14(19)17-5-7-20-8-6-17/h1-2,9,16,18H,3-8,10H2. The zero-order valence-corrected chi connectivity index (χ0v) is 12.9. The number of carbonyl (C=O) groups is 1. The molecule has 1 aliphatic heterocycles. The number of nitrogens with zero attached hydrogens (tertiary/aromatic N) is 1. The summed E-state index contributed by atoms with van der Waals surface area (Å²) in [5.74, 6) is 0.406. The van der Waals surface area contributed by atoms with Crippen LogP contribution in [0.2, 0.25) is 0 Å². The molecule has 0 bridgehead atoms. The van der Waals surface area contributed by atoms with Gasteiger partial charge in [0.15, 0.2) is 0 Å². The molecule has 1 saturated heterocycles. The van der Waals surface area contributed by atoms with Crippen LogP contribution in [0.3, 0.4) is 0 Å². The number of amides is 1. The molecule has 0 aromatic heterocycles. The number of benzene rings is 1. The minimum Gasteiger partial charge on any atom is -0.507 e. The highest BCUT2D eigenvalue weighted by atomic mass is 79.9. The highest BCUT2D eigenvalue weighted by Gasteiger charge is 2.15. The Hall–Kier alpha value is -1.11.